The van der Waals surface area contributed by atoms with Gasteiger partial charge in [-0.1, -0.05) is 5.21 Å². The summed E-state index contributed by atoms with van der Waals surface area (Å²) in [5.74, 6) is 2.91. The number of hydrogen-bond donors (Lipinski definition) is 1. The second-order valence-corrected chi connectivity index (χ2v) is 4.30. The fraction of sp³-hybridized carbons (Fsp3) is 0.455. The van der Waals surface area contributed by atoms with Gasteiger partial charge in [0.05, 0.1) is 5.69 Å². The Balaban J connectivity index is 1.89. The van der Waals surface area contributed by atoms with Crippen LogP contribution in [-0.2, 0) is 6.54 Å². The molecule has 2 heterocycles. The number of nitrogens with zero attached hydrogens (tertiary/aromatic N) is 3. The molecule has 5 nitrogen and oxygen atoms in total. The maximum Gasteiger partial charge on any atom is 0.169 e. The van der Waals surface area contributed by atoms with Crippen molar-refractivity contribution < 1.29 is 4.42 Å². The van der Waals surface area contributed by atoms with E-state index in [9.17, 15) is 0 Å². The lowest BCUT2D eigenvalue weighted by molar-refractivity contribution is 0.451. The minimum atomic E-state index is 0.547. The third-order valence-electron chi connectivity index (χ3n) is 2.87. The van der Waals surface area contributed by atoms with Gasteiger partial charge in [-0.05, 0) is 31.9 Å². The van der Waals surface area contributed by atoms with Crippen molar-refractivity contribution in [1.29, 1.82) is 0 Å². The van der Waals surface area contributed by atoms with Crippen LogP contribution in [0.25, 0.3) is 0 Å². The van der Waals surface area contributed by atoms with Crippen LogP contribution in [0.5, 0.6) is 0 Å². The Bertz CT molecular complexity index is 510. The molecule has 16 heavy (non-hydrogen) atoms. The van der Waals surface area contributed by atoms with Crippen LogP contribution in [0.2, 0.25) is 0 Å². The molecule has 0 unspecified atom stereocenters. The third-order valence-corrected chi connectivity index (χ3v) is 2.87. The van der Waals surface area contributed by atoms with E-state index in [2.05, 4.69) is 10.3 Å². The van der Waals surface area contributed by atoms with Crippen LogP contribution >= 0.6 is 0 Å². The molecule has 0 aromatic carbocycles. The van der Waals surface area contributed by atoms with E-state index >= 15 is 0 Å². The van der Waals surface area contributed by atoms with Crippen molar-refractivity contribution in [2.24, 2.45) is 0 Å². The first kappa shape index (κ1) is 9.45. The van der Waals surface area contributed by atoms with E-state index in [1.165, 1.54) is 12.8 Å². The van der Waals surface area contributed by atoms with Crippen LogP contribution in [0.15, 0.2) is 16.5 Å². The van der Waals surface area contributed by atoms with Crippen LogP contribution in [0.3, 0.4) is 0 Å². The molecule has 5 heteroatoms. The third kappa shape index (κ3) is 1.58. The van der Waals surface area contributed by atoms with Crippen molar-refractivity contribution in [3.63, 3.8) is 0 Å². The first-order chi connectivity index (χ1) is 7.74. The summed E-state index contributed by atoms with van der Waals surface area (Å²) in [6, 6.07) is 3.91. The molecule has 1 fully saturated rings. The molecule has 0 saturated heterocycles. The SMILES string of the molecule is Cc1ccc(Cn2nnc(N)c2C2CC2)o1. The average molecular weight is 218 g/mol. The van der Waals surface area contributed by atoms with Crippen molar-refractivity contribution >= 4 is 5.82 Å². The van der Waals surface area contributed by atoms with E-state index in [1.54, 1.807) is 0 Å². The lowest BCUT2D eigenvalue weighted by atomic mass is 10.3. The lowest BCUT2D eigenvalue weighted by Gasteiger charge is -2.03. The quantitative estimate of drug-likeness (QED) is 0.851. The maximum absolute atomic E-state index is 5.82. The van der Waals surface area contributed by atoms with E-state index in [1.807, 2.05) is 23.7 Å². The summed E-state index contributed by atoms with van der Waals surface area (Å²) in [7, 11) is 0. The number of aryl methyl sites for hydroxylation is 1. The number of furan rings is 1. The predicted octanol–water partition coefficient (Wildman–Crippen LogP) is 1.69. The minimum absolute atomic E-state index is 0.547. The van der Waals surface area contributed by atoms with Crippen molar-refractivity contribution in [1.82, 2.24) is 15.0 Å². The van der Waals surface area contributed by atoms with Crippen molar-refractivity contribution in [3.8, 4) is 0 Å². The van der Waals surface area contributed by atoms with Crippen LogP contribution in [0.4, 0.5) is 5.82 Å². The van der Waals surface area contributed by atoms with Gasteiger partial charge in [-0.2, -0.15) is 0 Å². The van der Waals surface area contributed by atoms with Gasteiger partial charge in [0, 0.05) is 5.92 Å². The predicted molar refractivity (Wildman–Crippen MR) is 59.0 cm³/mol. The minimum Gasteiger partial charge on any atom is -0.464 e. The van der Waals surface area contributed by atoms with E-state index in [-0.39, 0.29) is 0 Å². The zero-order chi connectivity index (χ0) is 11.1. The van der Waals surface area contributed by atoms with Crippen LogP contribution in [0, 0.1) is 6.92 Å². The lowest BCUT2D eigenvalue weighted by Crippen LogP contribution is -2.06. The molecule has 3 rings (SSSR count). The normalized spacial score (nSPS) is 15.6. The number of anilines is 1. The Morgan fingerprint density at radius 2 is 2.31 bits per heavy atom. The van der Waals surface area contributed by atoms with Gasteiger partial charge in [-0.15, -0.1) is 5.10 Å². The highest BCUT2D eigenvalue weighted by molar-refractivity contribution is 5.38. The van der Waals surface area contributed by atoms with Crippen LogP contribution in [-0.4, -0.2) is 15.0 Å². The van der Waals surface area contributed by atoms with Gasteiger partial charge in [0.25, 0.3) is 0 Å². The van der Waals surface area contributed by atoms with Crippen LogP contribution in [0.1, 0.15) is 36.0 Å². The maximum atomic E-state index is 5.82. The summed E-state index contributed by atoms with van der Waals surface area (Å²) in [6.07, 6.45) is 2.38. The Hall–Kier alpha value is -1.78. The van der Waals surface area contributed by atoms with Crippen molar-refractivity contribution in [2.45, 2.75) is 32.2 Å². The molecule has 0 atom stereocenters. The van der Waals surface area contributed by atoms with Crippen molar-refractivity contribution in [3.05, 3.63) is 29.3 Å². The van der Waals surface area contributed by atoms with Gasteiger partial charge in [0.15, 0.2) is 5.82 Å². The number of nitrogen functional groups attached to an aromatic ring is 1. The molecule has 1 saturated carbocycles. The monoisotopic (exact) mass is 218 g/mol. The standard InChI is InChI=1S/C11H14N4O/c1-7-2-5-9(16-7)6-15-10(8-3-4-8)11(12)13-14-15/h2,5,8H,3-4,6,12H2,1H3. The Kier molecular flexibility index (Phi) is 1.99. The van der Waals surface area contributed by atoms with Gasteiger partial charge in [0.1, 0.15) is 18.1 Å². The highest BCUT2D eigenvalue weighted by Gasteiger charge is 2.30. The molecule has 2 aromatic heterocycles. The Morgan fingerprint density at radius 3 is 2.94 bits per heavy atom. The Morgan fingerprint density at radius 1 is 1.50 bits per heavy atom. The summed E-state index contributed by atoms with van der Waals surface area (Å²) in [6.45, 7) is 2.55. The van der Waals surface area contributed by atoms with E-state index in [0.29, 0.717) is 18.3 Å². The first-order valence-electron chi connectivity index (χ1n) is 5.48. The number of rotatable bonds is 3. The van der Waals surface area contributed by atoms with Crippen molar-refractivity contribution in [2.75, 3.05) is 5.73 Å². The van der Waals surface area contributed by atoms with Gasteiger partial charge in [0.2, 0.25) is 0 Å². The molecule has 0 amide bonds. The summed E-state index contributed by atoms with van der Waals surface area (Å²) in [5, 5.41) is 7.99. The van der Waals surface area contributed by atoms with Gasteiger partial charge in [-0.3, -0.25) is 0 Å². The highest BCUT2D eigenvalue weighted by atomic mass is 16.3. The molecule has 1 aliphatic rings. The second-order valence-electron chi connectivity index (χ2n) is 4.30. The molecule has 1 aliphatic carbocycles. The van der Waals surface area contributed by atoms with Gasteiger partial charge >= 0.3 is 0 Å². The summed E-state index contributed by atoms with van der Waals surface area (Å²) >= 11 is 0. The van der Waals surface area contributed by atoms with Crippen LogP contribution < -0.4 is 5.73 Å². The van der Waals surface area contributed by atoms with E-state index in [0.717, 1.165) is 17.2 Å². The molecule has 2 aromatic rings. The first-order valence-corrected chi connectivity index (χ1v) is 5.48. The molecule has 2 N–H and O–H groups in total. The molecule has 0 bridgehead atoms. The number of nitrogens with two attached hydrogens (primary N) is 1. The molecule has 0 aliphatic heterocycles. The fourth-order valence-electron chi connectivity index (χ4n) is 1.94. The fourth-order valence-corrected chi connectivity index (χ4v) is 1.94. The van der Waals surface area contributed by atoms with E-state index in [4.69, 9.17) is 10.2 Å². The molecular weight excluding hydrogens is 204 g/mol. The average Bonchev–Trinajstić information content (AvgIpc) is 2.91. The largest absolute Gasteiger partial charge is 0.464 e. The smallest absolute Gasteiger partial charge is 0.169 e. The molecule has 0 radical (unpaired) electrons. The summed E-state index contributed by atoms with van der Waals surface area (Å²) in [4.78, 5) is 0. The highest BCUT2D eigenvalue weighted by Crippen LogP contribution is 2.42. The van der Waals surface area contributed by atoms with Gasteiger partial charge < -0.3 is 10.2 Å². The summed E-state index contributed by atoms with van der Waals surface area (Å²) < 4.78 is 7.37. The molecular formula is C11H14N4O. The summed E-state index contributed by atoms with van der Waals surface area (Å²) in [5.41, 5.74) is 6.88. The molecule has 84 valence electrons. The second kappa shape index (κ2) is 3.37. The topological polar surface area (TPSA) is 69.9 Å². The van der Waals surface area contributed by atoms with Gasteiger partial charge in [-0.25, -0.2) is 4.68 Å². The number of aromatic nitrogens is 3. The van der Waals surface area contributed by atoms with E-state index < -0.39 is 0 Å². The zero-order valence-corrected chi connectivity index (χ0v) is 9.18. The molecule has 0 spiro atoms. The number of hydrogen-bond acceptors (Lipinski definition) is 4. The zero-order valence-electron chi connectivity index (χ0n) is 9.18. The Labute approximate surface area is 93.2 Å².